The highest BCUT2D eigenvalue weighted by atomic mass is 127. The predicted octanol–water partition coefficient (Wildman–Crippen LogP) is 3.17. The summed E-state index contributed by atoms with van der Waals surface area (Å²) in [5, 5.41) is 32.9. The van der Waals surface area contributed by atoms with Crippen molar-refractivity contribution in [2.75, 3.05) is 24.4 Å². The molecule has 11 heteroatoms. The third-order valence-corrected chi connectivity index (χ3v) is 6.49. The van der Waals surface area contributed by atoms with Crippen molar-refractivity contribution in [2.24, 2.45) is 5.41 Å². The molecule has 2 unspecified atom stereocenters. The predicted molar refractivity (Wildman–Crippen MR) is 120 cm³/mol. The van der Waals surface area contributed by atoms with Crippen LogP contribution in [0.5, 0.6) is 5.75 Å². The number of aliphatic hydroxyl groups is 2. The highest BCUT2D eigenvalue weighted by Crippen LogP contribution is 2.63. The van der Waals surface area contributed by atoms with Crippen LogP contribution in [0.1, 0.15) is 19.3 Å². The Morgan fingerprint density at radius 2 is 1.97 bits per heavy atom. The molecule has 0 aromatic heterocycles. The van der Waals surface area contributed by atoms with E-state index in [1.165, 1.54) is 19.2 Å². The number of methoxy groups -OCH3 is 1. The average Bonchev–Trinajstić information content (AvgIpc) is 3.66. The Morgan fingerprint density at radius 1 is 1.25 bits per heavy atom. The van der Waals surface area contributed by atoms with Crippen LogP contribution in [-0.2, 0) is 4.74 Å². The Hall–Kier alpha value is -1.80. The Kier molecular flexibility index (Phi) is 6.22. The summed E-state index contributed by atoms with van der Waals surface area (Å²) in [5.74, 6) is -4.94. The van der Waals surface area contributed by atoms with Crippen molar-refractivity contribution in [1.82, 2.24) is 0 Å². The molecule has 7 nitrogen and oxygen atoms in total. The molecule has 2 aromatic carbocycles. The number of anilines is 3. The summed E-state index contributed by atoms with van der Waals surface area (Å²) < 4.78 is 54.8. The fourth-order valence-electron chi connectivity index (χ4n) is 3.99. The molecule has 2 aromatic rings. The Morgan fingerprint density at radius 3 is 2.56 bits per heavy atom. The third kappa shape index (κ3) is 4.36. The van der Waals surface area contributed by atoms with Gasteiger partial charge in [-0.1, -0.05) is 0 Å². The number of nitrogens with one attached hydrogen (secondary N) is 2. The lowest BCUT2D eigenvalue weighted by atomic mass is 9.93. The van der Waals surface area contributed by atoms with Crippen LogP contribution < -0.4 is 15.4 Å². The molecule has 0 radical (unpaired) electrons. The maximum Gasteiger partial charge on any atom is 0.389 e. The molecule has 32 heavy (non-hydrogen) atoms. The van der Waals surface area contributed by atoms with Gasteiger partial charge >= 0.3 is 5.91 Å². The van der Waals surface area contributed by atoms with E-state index in [0.29, 0.717) is 16.4 Å². The van der Waals surface area contributed by atoms with Crippen molar-refractivity contribution < 1.29 is 38.0 Å². The minimum absolute atomic E-state index is 0.0861. The van der Waals surface area contributed by atoms with Gasteiger partial charge in [0.05, 0.1) is 25.5 Å². The lowest BCUT2D eigenvalue weighted by Crippen LogP contribution is -2.32. The van der Waals surface area contributed by atoms with E-state index in [1.807, 2.05) is 22.6 Å². The molecular weight excluding hydrogens is 544 g/mol. The largest absolute Gasteiger partial charge is 0.494 e. The first-order valence-corrected chi connectivity index (χ1v) is 11.0. The summed E-state index contributed by atoms with van der Waals surface area (Å²) in [4.78, 5) is 0. The van der Waals surface area contributed by atoms with E-state index in [0.717, 1.165) is 6.07 Å². The second-order valence-electron chi connectivity index (χ2n) is 8.14. The number of aliphatic hydroxyl groups excluding tert-OH is 2. The average molecular weight is 567 g/mol. The number of epoxide rings is 1. The van der Waals surface area contributed by atoms with Crippen molar-refractivity contribution in [3.63, 3.8) is 0 Å². The van der Waals surface area contributed by atoms with Crippen LogP contribution in [0.4, 0.5) is 30.2 Å². The van der Waals surface area contributed by atoms with Crippen molar-refractivity contribution in [2.45, 2.75) is 37.4 Å². The van der Waals surface area contributed by atoms with Gasteiger partial charge in [0, 0.05) is 15.1 Å². The number of rotatable bonds is 9. The van der Waals surface area contributed by atoms with Gasteiger partial charge in [0.1, 0.15) is 22.9 Å². The number of benzene rings is 2. The molecule has 0 spiro atoms. The minimum Gasteiger partial charge on any atom is -0.494 e. The first kappa shape index (κ1) is 23.4. The molecule has 1 heterocycles. The lowest BCUT2D eigenvalue weighted by molar-refractivity contribution is 0.0624. The zero-order valence-electron chi connectivity index (χ0n) is 17.0. The van der Waals surface area contributed by atoms with E-state index in [2.05, 4.69) is 10.6 Å². The van der Waals surface area contributed by atoms with Gasteiger partial charge in [-0.3, -0.25) is 10.1 Å². The second-order valence-corrected chi connectivity index (χ2v) is 9.38. The van der Waals surface area contributed by atoms with E-state index >= 15 is 0 Å². The first-order valence-electron chi connectivity index (χ1n) is 9.90. The van der Waals surface area contributed by atoms with Gasteiger partial charge in [-0.25, -0.2) is 13.2 Å². The number of ether oxygens (including phenoxy) is 2. The fraction of sp³-hybridized carbons (Fsp3) is 0.429. The highest BCUT2D eigenvalue weighted by Gasteiger charge is 2.75. The molecule has 0 bridgehead atoms. The van der Waals surface area contributed by atoms with Crippen molar-refractivity contribution >= 4 is 39.7 Å². The maximum atomic E-state index is 14.8. The van der Waals surface area contributed by atoms with Crippen molar-refractivity contribution in [1.29, 1.82) is 0 Å². The topological polar surface area (TPSA) is 109 Å². The number of halogens is 4. The summed E-state index contributed by atoms with van der Waals surface area (Å²) in [6.07, 6.45) is 0.0713. The quantitative estimate of drug-likeness (QED) is 0.161. The van der Waals surface area contributed by atoms with E-state index in [1.54, 1.807) is 6.07 Å². The van der Waals surface area contributed by atoms with Crippen LogP contribution >= 0.6 is 22.6 Å². The maximum absolute atomic E-state index is 14.8. The van der Waals surface area contributed by atoms with Gasteiger partial charge in [-0.05, 0) is 60.1 Å². The Bertz CT molecular complexity index is 1040. The summed E-state index contributed by atoms with van der Waals surface area (Å²) in [6.45, 7) is -0.403. The molecule has 2 fully saturated rings. The summed E-state index contributed by atoms with van der Waals surface area (Å²) in [5.41, 5.74) is -1.10. The van der Waals surface area contributed by atoms with Crippen molar-refractivity contribution in [3.8, 4) is 5.75 Å². The molecule has 1 aliphatic heterocycles. The Balaban J connectivity index is 1.66. The van der Waals surface area contributed by atoms with E-state index < -0.39 is 53.3 Å². The van der Waals surface area contributed by atoms with E-state index in [-0.39, 0.29) is 23.5 Å². The molecule has 1 aliphatic carbocycles. The van der Waals surface area contributed by atoms with Crippen LogP contribution in [0.15, 0.2) is 24.3 Å². The van der Waals surface area contributed by atoms with Crippen LogP contribution in [0.3, 0.4) is 0 Å². The molecule has 2 aliphatic rings. The fourth-order valence-corrected chi connectivity index (χ4v) is 4.44. The zero-order chi connectivity index (χ0) is 23.3. The van der Waals surface area contributed by atoms with Gasteiger partial charge in [-0.15, -0.1) is 0 Å². The highest BCUT2D eigenvalue weighted by molar-refractivity contribution is 14.1. The summed E-state index contributed by atoms with van der Waals surface area (Å²) in [6, 6.07) is 5.05. The van der Waals surface area contributed by atoms with Crippen molar-refractivity contribution in [3.05, 3.63) is 45.3 Å². The molecule has 0 amide bonds. The van der Waals surface area contributed by atoms with Gasteiger partial charge in [0.2, 0.25) is 0 Å². The first-order chi connectivity index (χ1) is 15.1. The van der Waals surface area contributed by atoms with E-state index in [4.69, 9.17) is 19.7 Å². The normalized spacial score (nSPS) is 24.1. The standard InChI is InChI=1S/C21H22F3IN2O5/c1-31-15-7-13(23)16(24)18(26-14-3-2-10(25)6-12(14)22)17(15)27-21(30)19(32-21)20(4-5-20)8-11(29)9-28/h2-3,6-7,11,19,26-30H,4-5,8-9H2,1H3/p+1/t11-,19?,21?/m0/s1. The summed E-state index contributed by atoms with van der Waals surface area (Å²) in [7, 11) is 1.26. The molecule has 4 rings (SSSR count). The monoisotopic (exact) mass is 567 g/mol. The molecule has 174 valence electrons. The molecule has 3 atom stereocenters. The van der Waals surface area contributed by atoms with Gasteiger partial charge in [0.15, 0.2) is 17.7 Å². The van der Waals surface area contributed by atoms with Crippen LogP contribution in [0, 0.1) is 26.4 Å². The zero-order valence-corrected chi connectivity index (χ0v) is 19.2. The lowest BCUT2D eigenvalue weighted by Gasteiger charge is -2.20. The molecule has 1 saturated heterocycles. The van der Waals surface area contributed by atoms with Crippen LogP contribution in [0.25, 0.3) is 0 Å². The van der Waals surface area contributed by atoms with Crippen LogP contribution in [0.2, 0.25) is 0 Å². The molecular formula is C21H23F3IN2O5+. The third-order valence-electron chi connectivity index (χ3n) is 5.82. The molecule has 6 N–H and O–H groups in total. The van der Waals surface area contributed by atoms with Gasteiger partial charge in [-0.2, -0.15) is 0 Å². The Labute approximate surface area is 195 Å². The minimum atomic E-state index is -1.69. The van der Waals surface area contributed by atoms with Crippen LogP contribution in [-0.4, -0.2) is 47.2 Å². The second kappa shape index (κ2) is 8.52. The van der Waals surface area contributed by atoms with Gasteiger partial charge in [0.25, 0.3) is 0 Å². The smallest absolute Gasteiger partial charge is 0.389 e. The van der Waals surface area contributed by atoms with Gasteiger partial charge < -0.3 is 25.4 Å². The number of hydrogen-bond donors (Lipinski definition) is 4. The number of hydrogen-bond acceptors (Lipinski definition) is 6. The summed E-state index contributed by atoms with van der Waals surface area (Å²) >= 11 is 1.93. The van der Waals surface area contributed by atoms with E-state index in [9.17, 15) is 18.3 Å². The SMILES string of the molecule is COc1cc(F)c(F)c(Nc2ccc(I)cc2F)c1NC1([OH2+])OC1C1(C[C@H](O)CO)CC1. The molecule has 1 saturated carbocycles.